The molecule has 55 heavy (non-hydrogen) atoms. The zero-order valence-corrected chi connectivity index (χ0v) is 35.7. The van der Waals surface area contributed by atoms with Gasteiger partial charge in [-0.25, -0.2) is 3.63 Å². The lowest BCUT2D eigenvalue weighted by atomic mass is 10.0. The van der Waals surface area contributed by atoms with E-state index < -0.39 is 0 Å². The third-order valence-corrected chi connectivity index (χ3v) is 11.2. The molecular formula is C48H66O5S2. The van der Waals surface area contributed by atoms with Crippen molar-refractivity contribution in [2.45, 2.75) is 140 Å². The predicted octanol–water partition coefficient (Wildman–Crippen LogP) is 15.6. The smallest absolute Gasteiger partial charge is 0.127 e. The highest BCUT2D eigenvalue weighted by atomic mass is 32.2. The van der Waals surface area contributed by atoms with Gasteiger partial charge in [0.25, 0.3) is 0 Å². The second-order valence-electron chi connectivity index (χ2n) is 14.2. The summed E-state index contributed by atoms with van der Waals surface area (Å²) in [5.41, 5.74) is 4.16. The normalized spacial score (nSPS) is 11.1. The second-order valence-corrected chi connectivity index (χ2v) is 15.9. The van der Waals surface area contributed by atoms with Gasteiger partial charge in [0.1, 0.15) is 23.0 Å². The van der Waals surface area contributed by atoms with Gasteiger partial charge in [0, 0.05) is 56.1 Å². The lowest BCUT2D eigenvalue weighted by molar-refractivity contribution is 0.298. The van der Waals surface area contributed by atoms with Crippen LogP contribution in [0, 0.1) is 0 Å². The Morgan fingerprint density at radius 1 is 0.364 bits per heavy atom. The molecule has 5 nitrogen and oxygen atoms in total. The van der Waals surface area contributed by atoms with Crippen molar-refractivity contribution in [1.82, 2.24) is 0 Å². The molecule has 300 valence electrons. The third kappa shape index (κ3) is 16.0. The van der Waals surface area contributed by atoms with Crippen LogP contribution in [0.4, 0.5) is 0 Å². The van der Waals surface area contributed by atoms with E-state index in [0.29, 0.717) is 26.4 Å². The van der Waals surface area contributed by atoms with Crippen LogP contribution in [-0.2, 0) is 3.63 Å². The van der Waals surface area contributed by atoms with Gasteiger partial charge in [0.15, 0.2) is 0 Å². The average Bonchev–Trinajstić information content (AvgIpc) is 3.21. The lowest BCUT2D eigenvalue weighted by Gasteiger charge is -2.17. The Labute approximate surface area is 342 Å². The van der Waals surface area contributed by atoms with E-state index in [1.807, 2.05) is 12.1 Å². The van der Waals surface area contributed by atoms with Crippen molar-refractivity contribution in [1.29, 1.82) is 0 Å². The maximum absolute atomic E-state index is 6.42. The van der Waals surface area contributed by atoms with Gasteiger partial charge >= 0.3 is 0 Å². The van der Waals surface area contributed by atoms with E-state index in [-0.39, 0.29) is 0 Å². The van der Waals surface area contributed by atoms with E-state index >= 15 is 0 Å². The van der Waals surface area contributed by atoms with E-state index in [0.717, 1.165) is 80.7 Å². The maximum Gasteiger partial charge on any atom is 0.127 e. The molecule has 0 saturated carbocycles. The number of hydrogen-bond donors (Lipinski definition) is 0. The molecule has 0 saturated heterocycles. The summed E-state index contributed by atoms with van der Waals surface area (Å²) < 4.78 is 31.7. The van der Waals surface area contributed by atoms with Crippen molar-refractivity contribution in [3.63, 3.8) is 0 Å². The van der Waals surface area contributed by atoms with Crippen molar-refractivity contribution in [3.05, 3.63) is 84.9 Å². The minimum absolute atomic E-state index is 0.693. The van der Waals surface area contributed by atoms with Gasteiger partial charge in [0.05, 0.1) is 26.4 Å². The first-order valence-electron chi connectivity index (χ1n) is 21.2. The van der Waals surface area contributed by atoms with Crippen LogP contribution in [0.5, 0.6) is 23.0 Å². The molecule has 0 N–H and O–H groups in total. The van der Waals surface area contributed by atoms with Crippen LogP contribution in [0.15, 0.2) is 94.7 Å². The monoisotopic (exact) mass is 786 g/mol. The highest BCUT2D eigenvalue weighted by Crippen LogP contribution is 2.44. The van der Waals surface area contributed by atoms with Crippen LogP contribution in [0.3, 0.4) is 0 Å². The molecule has 0 aliphatic carbocycles. The van der Waals surface area contributed by atoms with Crippen LogP contribution in [0.1, 0.15) is 130 Å². The summed E-state index contributed by atoms with van der Waals surface area (Å²) in [6.07, 6.45) is 18.7. The van der Waals surface area contributed by atoms with E-state index in [4.69, 9.17) is 22.6 Å². The van der Waals surface area contributed by atoms with Crippen molar-refractivity contribution in [2.24, 2.45) is 0 Å². The fourth-order valence-electron chi connectivity index (χ4n) is 6.34. The molecule has 4 aromatic rings. The van der Waals surface area contributed by atoms with Crippen molar-refractivity contribution in [3.8, 4) is 45.3 Å². The Bertz CT molecular complexity index is 1510. The molecule has 0 atom stereocenters. The predicted molar refractivity (Wildman–Crippen MR) is 235 cm³/mol. The first-order valence-corrected chi connectivity index (χ1v) is 22.7. The quantitative estimate of drug-likeness (QED) is 0.0385. The highest BCUT2D eigenvalue weighted by Gasteiger charge is 2.17. The van der Waals surface area contributed by atoms with Crippen LogP contribution in [-0.4, -0.2) is 26.4 Å². The SMILES string of the molecule is CCCCCCOc1ccc(OCCCCCC)c(-c2ccccc2SOSc2ccccc2-c2cc(OCCCCCC)ccc2OCCCCCC)c1. The number of ether oxygens (including phenoxy) is 4. The van der Waals surface area contributed by atoms with Gasteiger partial charge in [-0.3, -0.25) is 0 Å². The number of rotatable bonds is 30. The summed E-state index contributed by atoms with van der Waals surface area (Å²) in [6, 6.07) is 29.3. The van der Waals surface area contributed by atoms with Crippen LogP contribution in [0.25, 0.3) is 22.3 Å². The van der Waals surface area contributed by atoms with E-state index in [2.05, 4.69) is 100 Å². The van der Waals surface area contributed by atoms with Crippen molar-refractivity contribution >= 4 is 24.1 Å². The Morgan fingerprint density at radius 2 is 0.727 bits per heavy atom. The minimum Gasteiger partial charge on any atom is -0.494 e. The molecule has 0 unspecified atom stereocenters. The molecule has 4 rings (SSSR count). The molecule has 0 radical (unpaired) electrons. The zero-order valence-electron chi connectivity index (χ0n) is 34.1. The van der Waals surface area contributed by atoms with Crippen LogP contribution >= 0.6 is 24.1 Å². The molecule has 0 amide bonds. The summed E-state index contributed by atoms with van der Waals surface area (Å²) in [6.45, 7) is 11.8. The summed E-state index contributed by atoms with van der Waals surface area (Å²) in [5, 5.41) is 0. The Hall–Kier alpha value is -3.26. The van der Waals surface area contributed by atoms with E-state index in [9.17, 15) is 0 Å². The number of benzene rings is 4. The van der Waals surface area contributed by atoms with Gasteiger partial charge in [0.2, 0.25) is 0 Å². The topological polar surface area (TPSA) is 46.2 Å². The summed E-state index contributed by atoms with van der Waals surface area (Å²) >= 11 is 2.75. The molecular weight excluding hydrogens is 721 g/mol. The molecule has 0 aliphatic rings. The third-order valence-electron chi connectivity index (χ3n) is 9.55. The van der Waals surface area contributed by atoms with Crippen LogP contribution < -0.4 is 18.9 Å². The van der Waals surface area contributed by atoms with Crippen molar-refractivity contribution < 1.29 is 22.6 Å². The van der Waals surface area contributed by atoms with Crippen molar-refractivity contribution in [2.75, 3.05) is 26.4 Å². The number of unbranched alkanes of at least 4 members (excludes halogenated alkanes) is 12. The van der Waals surface area contributed by atoms with E-state index in [1.165, 1.54) is 101 Å². The maximum atomic E-state index is 6.42. The second kappa shape index (κ2) is 27.4. The summed E-state index contributed by atoms with van der Waals surface area (Å²) in [5.74, 6) is 3.47. The first-order chi connectivity index (χ1) is 27.2. The van der Waals surface area contributed by atoms with Gasteiger partial charge in [-0.2, -0.15) is 0 Å². The molecule has 0 aliphatic heterocycles. The highest BCUT2D eigenvalue weighted by molar-refractivity contribution is 8.08. The number of hydrogen-bond acceptors (Lipinski definition) is 7. The largest absolute Gasteiger partial charge is 0.494 e. The standard InChI is InChI=1S/C48H66O5S2/c1-5-9-13-21-33-49-39-29-31-45(51-35-23-15-11-7-3)43(37-39)41-25-17-19-27-47(41)54-53-55-48-28-20-18-26-42(48)44-38-40(50-34-22-14-10-6-2)30-32-46(44)52-36-24-16-12-8-4/h17-20,25-32,37-38H,5-16,21-24,33-36H2,1-4H3. The zero-order chi connectivity index (χ0) is 38.8. The molecule has 0 fully saturated rings. The molecule has 0 heterocycles. The van der Waals surface area contributed by atoms with Crippen LogP contribution in [0.2, 0.25) is 0 Å². The van der Waals surface area contributed by atoms with Gasteiger partial charge in [-0.05, 0) is 74.2 Å². The first kappa shape index (κ1) is 44.5. The fraction of sp³-hybridized carbons (Fsp3) is 0.500. The molecule has 0 bridgehead atoms. The minimum atomic E-state index is 0.693. The lowest BCUT2D eigenvalue weighted by Crippen LogP contribution is -2.01. The molecule has 0 spiro atoms. The summed E-state index contributed by atoms with van der Waals surface area (Å²) in [7, 11) is 0. The average molecular weight is 787 g/mol. The van der Waals surface area contributed by atoms with E-state index in [1.54, 1.807) is 0 Å². The summed E-state index contributed by atoms with van der Waals surface area (Å²) in [4.78, 5) is 2.02. The Balaban J connectivity index is 1.53. The fourth-order valence-corrected chi connectivity index (χ4v) is 7.87. The Morgan fingerprint density at radius 3 is 1.11 bits per heavy atom. The Kier molecular flexibility index (Phi) is 22.1. The van der Waals surface area contributed by atoms with Gasteiger partial charge < -0.3 is 18.9 Å². The molecule has 0 aromatic heterocycles. The molecule has 7 heteroatoms. The van der Waals surface area contributed by atoms with Gasteiger partial charge in [-0.1, -0.05) is 141 Å². The van der Waals surface area contributed by atoms with Gasteiger partial charge in [-0.15, -0.1) is 0 Å². The molecule has 4 aromatic carbocycles.